The first-order valence-electron chi connectivity index (χ1n) is 8.35. The molecule has 0 atom stereocenters. The number of amides is 1. The fourth-order valence-electron chi connectivity index (χ4n) is 2.96. The van der Waals surface area contributed by atoms with Gasteiger partial charge in [-0.25, -0.2) is 8.42 Å². The largest absolute Gasteiger partial charge is 0.369 e. The second-order valence-electron chi connectivity index (χ2n) is 6.19. The smallest absolute Gasteiger partial charge is 0.243 e. The summed E-state index contributed by atoms with van der Waals surface area (Å²) in [6, 6.07) is 11.8. The summed E-state index contributed by atoms with van der Waals surface area (Å²) in [5, 5.41) is 3.40. The predicted molar refractivity (Wildman–Crippen MR) is 108 cm³/mol. The highest BCUT2D eigenvalue weighted by Crippen LogP contribution is 2.28. The maximum Gasteiger partial charge on any atom is 0.243 e. The van der Waals surface area contributed by atoms with Crippen molar-refractivity contribution in [1.29, 1.82) is 0 Å². The van der Waals surface area contributed by atoms with Crippen molar-refractivity contribution >= 4 is 50.5 Å². The Hall–Kier alpha value is -1.80. The van der Waals surface area contributed by atoms with Crippen molar-refractivity contribution in [2.24, 2.45) is 0 Å². The fourth-order valence-corrected chi connectivity index (χ4v) is 4.88. The average Bonchev–Trinajstić information content (AvgIpc) is 2.63. The van der Waals surface area contributed by atoms with Crippen LogP contribution in [-0.2, 0) is 14.8 Å². The van der Waals surface area contributed by atoms with Gasteiger partial charge in [0.2, 0.25) is 15.9 Å². The topological polar surface area (TPSA) is 69.7 Å². The summed E-state index contributed by atoms with van der Waals surface area (Å²) >= 11 is 12.2. The molecule has 1 aliphatic rings. The van der Waals surface area contributed by atoms with Gasteiger partial charge >= 0.3 is 0 Å². The summed E-state index contributed by atoms with van der Waals surface area (Å²) in [5.41, 5.74) is 1.36. The molecule has 1 aliphatic heterocycles. The number of hydrogen-bond donors (Lipinski definition) is 1. The lowest BCUT2D eigenvalue weighted by Gasteiger charge is -2.35. The van der Waals surface area contributed by atoms with E-state index in [0.29, 0.717) is 36.9 Å². The van der Waals surface area contributed by atoms with E-state index in [0.717, 1.165) is 5.69 Å². The lowest BCUT2D eigenvalue weighted by atomic mass is 10.2. The molecule has 9 heteroatoms. The number of carbonyl (C=O) groups is 1. The van der Waals surface area contributed by atoms with Gasteiger partial charge in [-0.1, -0.05) is 29.3 Å². The van der Waals surface area contributed by atoms with Crippen molar-refractivity contribution in [2.75, 3.05) is 36.4 Å². The first-order chi connectivity index (χ1) is 12.8. The highest BCUT2D eigenvalue weighted by atomic mass is 35.5. The molecule has 0 radical (unpaired) electrons. The van der Waals surface area contributed by atoms with E-state index >= 15 is 0 Å². The summed E-state index contributed by atoms with van der Waals surface area (Å²) in [6.07, 6.45) is 0. The molecule has 1 N–H and O–H groups in total. The van der Waals surface area contributed by atoms with Crippen molar-refractivity contribution in [2.45, 2.75) is 11.8 Å². The molecule has 6 nitrogen and oxygen atoms in total. The SMILES string of the molecule is CC(=O)Nc1ccc(S(=O)(=O)N2CCN(c3cccc(Cl)c3)CC2)cc1Cl. The fraction of sp³-hybridized carbons (Fsp3) is 0.278. The van der Waals surface area contributed by atoms with Crippen LogP contribution in [-0.4, -0.2) is 44.8 Å². The third-order valence-electron chi connectivity index (χ3n) is 4.30. The zero-order valence-electron chi connectivity index (χ0n) is 14.7. The van der Waals surface area contributed by atoms with Crippen LogP contribution in [0.5, 0.6) is 0 Å². The van der Waals surface area contributed by atoms with Gasteiger partial charge in [-0.3, -0.25) is 4.79 Å². The van der Waals surface area contributed by atoms with E-state index in [1.54, 1.807) is 6.07 Å². The van der Waals surface area contributed by atoms with Crippen LogP contribution in [0.15, 0.2) is 47.4 Å². The Morgan fingerprint density at radius 3 is 2.33 bits per heavy atom. The molecule has 1 fully saturated rings. The molecule has 0 spiro atoms. The van der Waals surface area contributed by atoms with Crippen LogP contribution in [0.4, 0.5) is 11.4 Å². The van der Waals surface area contributed by atoms with Crippen molar-refractivity contribution in [1.82, 2.24) is 4.31 Å². The number of halogens is 2. The zero-order chi connectivity index (χ0) is 19.6. The van der Waals surface area contributed by atoms with Crippen molar-refractivity contribution in [3.05, 3.63) is 52.5 Å². The van der Waals surface area contributed by atoms with Crippen LogP contribution in [0.3, 0.4) is 0 Å². The lowest BCUT2D eigenvalue weighted by molar-refractivity contribution is -0.114. The minimum absolute atomic E-state index is 0.109. The molecule has 27 heavy (non-hydrogen) atoms. The van der Waals surface area contributed by atoms with Gasteiger partial charge in [0.15, 0.2) is 0 Å². The summed E-state index contributed by atoms with van der Waals surface area (Å²) in [7, 11) is -3.66. The molecule has 0 saturated carbocycles. The monoisotopic (exact) mass is 427 g/mol. The Kier molecular flexibility index (Phi) is 5.95. The highest BCUT2D eigenvalue weighted by molar-refractivity contribution is 7.89. The molecular formula is C18H19Cl2N3O3S. The zero-order valence-corrected chi connectivity index (χ0v) is 17.0. The van der Waals surface area contributed by atoms with Gasteiger partial charge in [-0.15, -0.1) is 0 Å². The second kappa shape index (κ2) is 8.06. The summed E-state index contributed by atoms with van der Waals surface area (Å²) < 4.78 is 27.3. The molecule has 0 aliphatic carbocycles. The quantitative estimate of drug-likeness (QED) is 0.810. The third kappa shape index (κ3) is 4.55. The number of nitrogens with zero attached hydrogens (tertiary/aromatic N) is 2. The van der Waals surface area contributed by atoms with Crippen LogP contribution in [0, 0.1) is 0 Å². The number of nitrogens with one attached hydrogen (secondary N) is 1. The molecule has 2 aromatic rings. The van der Waals surface area contributed by atoms with Gasteiger partial charge < -0.3 is 10.2 Å². The highest BCUT2D eigenvalue weighted by Gasteiger charge is 2.29. The van der Waals surface area contributed by atoms with Crippen molar-refractivity contribution in [3.8, 4) is 0 Å². The number of rotatable bonds is 4. The Morgan fingerprint density at radius 1 is 1.04 bits per heavy atom. The average molecular weight is 428 g/mol. The molecule has 1 heterocycles. The van der Waals surface area contributed by atoms with E-state index in [1.807, 2.05) is 18.2 Å². The Morgan fingerprint density at radius 2 is 1.74 bits per heavy atom. The molecule has 0 unspecified atom stereocenters. The van der Waals surface area contributed by atoms with Crippen molar-refractivity contribution < 1.29 is 13.2 Å². The van der Waals surface area contributed by atoms with Crippen LogP contribution < -0.4 is 10.2 Å². The first-order valence-corrected chi connectivity index (χ1v) is 10.5. The van der Waals surface area contributed by atoms with E-state index in [2.05, 4.69) is 10.2 Å². The first kappa shape index (κ1) is 19.9. The number of sulfonamides is 1. The summed E-state index contributed by atoms with van der Waals surface area (Å²) in [5.74, 6) is -0.273. The van der Waals surface area contributed by atoms with Gasteiger partial charge in [0.05, 0.1) is 15.6 Å². The van der Waals surface area contributed by atoms with Gasteiger partial charge in [-0.2, -0.15) is 4.31 Å². The Bertz CT molecular complexity index is 958. The maximum absolute atomic E-state index is 12.9. The predicted octanol–water partition coefficient (Wildman–Crippen LogP) is 3.46. The molecule has 3 rings (SSSR count). The molecule has 1 saturated heterocycles. The lowest BCUT2D eigenvalue weighted by Crippen LogP contribution is -2.48. The second-order valence-corrected chi connectivity index (χ2v) is 8.98. The maximum atomic E-state index is 12.9. The number of piperazine rings is 1. The molecular weight excluding hydrogens is 409 g/mol. The van der Waals surface area contributed by atoms with Crippen molar-refractivity contribution in [3.63, 3.8) is 0 Å². The van der Waals surface area contributed by atoms with E-state index in [-0.39, 0.29) is 15.8 Å². The number of benzene rings is 2. The Balaban J connectivity index is 1.73. The van der Waals surface area contributed by atoms with E-state index in [9.17, 15) is 13.2 Å². The summed E-state index contributed by atoms with van der Waals surface area (Å²) in [4.78, 5) is 13.4. The van der Waals surface area contributed by atoms with Crippen LogP contribution in [0.1, 0.15) is 6.92 Å². The molecule has 2 aromatic carbocycles. The minimum atomic E-state index is -3.66. The third-order valence-corrected chi connectivity index (χ3v) is 6.74. The normalized spacial score (nSPS) is 15.6. The van der Waals surface area contributed by atoms with Gasteiger partial charge in [0.1, 0.15) is 0 Å². The van der Waals surface area contributed by atoms with Gasteiger partial charge in [0, 0.05) is 43.8 Å². The van der Waals surface area contributed by atoms with Crippen LogP contribution in [0.25, 0.3) is 0 Å². The van der Waals surface area contributed by atoms with E-state index in [1.165, 1.54) is 29.4 Å². The number of anilines is 2. The van der Waals surface area contributed by atoms with E-state index in [4.69, 9.17) is 23.2 Å². The van der Waals surface area contributed by atoms with Crippen LogP contribution in [0.2, 0.25) is 10.0 Å². The molecule has 0 bridgehead atoms. The van der Waals surface area contributed by atoms with Gasteiger partial charge in [0.25, 0.3) is 0 Å². The molecule has 0 aromatic heterocycles. The van der Waals surface area contributed by atoms with E-state index < -0.39 is 10.0 Å². The number of carbonyl (C=O) groups excluding carboxylic acids is 1. The minimum Gasteiger partial charge on any atom is -0.369 e. The van der Waals surface area contributed by atoms with Crippen LogP contribution >= 0.6 is 23.2 Å². The van der Waals surface area contributed by atoms with Gasteiger partial charge in [-0.05, 0) is 36.4 Å². The number of hydrogen-bond acceptors (Lipinski definition) is 4. The standard InChI is InChI=1S/C18H19Cl2N3O3S/c1-13(24)21-18-6-5-16(12-17(18)20)27(25,26)23-9-7-22(8-10-23)15-4-2-3-14(19)11-15/h2-6,11-12H,7-10H2,1H3,(H,21,24). The Labute approximate surface area is 168 Å². The summed E-state index contributed by atoms with van der Waals surface area (Å²) in [6.45, 7) is 3.22. The molecule has 1 amide bonds. The molecule has 144 valence electrons.